The molecular formula is C16H14N2O5. The smallest absolute Gasteiger partial charge is 0.322 e. The standard InChI is InChI=1S/C16H14N2O5/c19-13-7-2-1-6-12(13)16(23)18-11-5-3-4-10(8-11)15(22)17-9-14(20)21/h1-8,19H,9H2,(H,17,22)(H,18,23)(H,20,21). The van der Waals surface area contributed by atoms with Crippen LogP contribution in [-0.2, 0) is 4.79 Å². The van der Waals surface area contributed by atoms with Crippen LogP contribution >= 0.6 is 0 Å². The first-order valence-electron chi connectivity index (χ1n) is 6.67. The van der Waals surface area contributed by atoms with E-state index >= 15 is 0 Å². The van der Waals surface area contributed by atoms with Gasteiger partial charge in [0.25, 0.3) is 11.8 Å². The van der Waals surface area contributed by atoms with Crippen molar-refractivity contribution in [2.75, 3.05) is 11.9 Å². The lowest BCUT2D eigenvalue weighted by Crippen LogP contribution is -2.29. The summed E-state index contributed by atoms with van der Waals surface area (Å²) in [5, 5.41) is 23.0. The molecule has 0 saturated carbocycles. The maximum absolute atomic E-state index is 12.1. The number of anilines is 1. The highest BCUT2D eigenvalue weighted by molar-refractivity contribution is 6.06. The zero-order chi connectivity index (χ0) is 16.8. The molecule has 0 unspecified atom stereocenters. The van der Waals surface area contributed by atoms with Crippen molar-refractivity contribution in [2.24, 2.45) is 0 Å². The molecule has 0 fully saturated rings. The number of rotatable bonds is 5. The molecule has 0 bridgehead atoms. The number of carbonyl (C=O) groups is 3. The second-order valence-corrected chi connectivity index (χ2v) is 4.63. The van der Waals surface area contributed by atoms with Crippen molar-refractivity contribution in [3.05, 3.63) is 59.7 Å². The van der Waals surface area contributed by atoms with E-state index in [0.29, 0.717) is 5.69 Å². The summed E-state index contributed by atoms with van der Waals surface area (Å²) >= 11 is 0. The van der Waals surface area contributed by atoms with Gasteiger partial charge < -0.3 is 20.8 Å². The molecule has 118 valence electrons. The fraction of sp³-hybridized carbons (Fsp3) is 0.0625. The van der Waals surface area contributed by atoms with Crippen LogP contribution in [0.5, 0.6) is 5.75 Å². The van der Waals surface area contributed by atoms with Gasteiger partial charge in [-0.15, -0.1) is 0 Å². The van der Waals surface area contributed by atoms with E-state index in [-0.39, 0.29) is 16.9 Å². The summed E-state index contributed by atoms with van der Waals surface area (Å²) in [5.41, 5.74) is 0.663. The number of aromatic hydroxyl groups is 1. The van der Waals surface area contributed by atoms with E-state index in [2.05, 4.69) is 10.6 Å². The van der Waals surface area contributed by atoms with Gasteiger partial charge >= 0.3 is 5.97 Å². The second kappa shape index (κ2) is 7.08. The molecule has 0 aliphatic rings. The first kappa shape index (κ1) is 16.0. The third-order valence-corrected chi connectivity index (χ3v) is 2.93. The summed E-state index contributed by atoms with van der Waals surface area (Å²) in [6.45, 7) is -0.493. The molecule has 0 aliphatic heterocycles. The van der Waals surface area contributed by atoms with E-state index in [1.165, 1.54) is 24.3 Å². The average Bonchev–Trinajstić information content (AvgIpc) is 2.53. The van der Waals surface area contributed by atoms with E-state index in [9.17, 15) is 19.5 Å². The molecule has 2 amide bonds. The van der Waals surface area contributed by atoms with Gasteiger partial charge in [0.05, 0.1) is 5.56 Å². The maximum atomic E-state index is 12.1. The molecule has 0 aromatic heterocycles. The van der Waals surface area contributed by atoms with Crippen molar-refractivity contribution in [1.29, 1.82) is 0 Å². The van der Waals surface area contributed by atoms with Crippen molar-refractivity contribution in [3.63, 3.8) is 0 Å². The molecule has 2 aromatic carbocycles. The number of carboxylic acid groups (broad SMARTS) is 1. The van der Waals surface area contributed by atoms with Crippen molar-refractivity contribution in [3.8, 4) is 5.75 Å². The Kier molecular flexibility index (Phi) is 4.93. The van der Waals surface area contributed by atoms with Crippen molar-refractivity contribution >= 4 is 23.5 Å². The molecule has 0 saturated heterocycles. The number of hydrogen-bond acceptors (Lipinski definition) is 4. The van der Waals surface area contributed by atoms with E-state index in [4.69, 9.17) is 5.11 Å². The number of para-hydroxylation sites is 1. The maximum Gasteiger partial charge on any atom is 0.322 e. The van der Waals surface area contributed by atoms with Gasteiger partial charge in [-0.3, -0.25) is 14.4 Å². The molecule has 2 aromatic rings. The van der Waals surface area contributed by atoms with E-state index < -0.39 is 24.3 Å². The lowest BCUT2D eigenvalue weighted by atomic mass is 10.1. The first-order valence-corrected chi connectivity index (χ1v) is 6.67. The summed E-state index contributed by atoms with van der Waals surface area (Å²) in [4.78, 5) is 34.3. The van der Waals surface area contributed by atoms with Crippen molar-refractivity contribution < 1.29 is 24.6 Å². The van der Waals surface area contributed by atoms with Gasteiger partial charge in [0, 0.05) is 11.3 Å². The van der Waals surface area contributed by atoms with Gasteiger partial charge in [-0.1, -0.05) is 18.2 Å². The number of nitrogens with one attached hydrogen (secondary N) is 2. The van der Waals surface area contributed by atoms with Crippen molar-refractivity contribution in [2.45, 2.75) is 0 Å². The van der Waals surface area contributed by atoms with Crippen LogP contribution in [0.25, 0.3) is 0 Å². The number of phenolic OH excluding ortho intramolecular Hbond substituents is 1. The summed E-state index contributed by atoms with van der Waals surface area (Å²) in [6.07, 6.45) is 0. The third-order valence-electron chi connectivity index (χ3n) is 2.93. The number of carboxylic acids is 1. The van der Waals surface area contributed by atoms with Crippen LogP contribution in [0.4, 0.5) is 5.69 Å². The Morgan fingerprint density at radius 3 is 2.39 bits per heavy atom. The zero-order valence-corrected chi connectivity index (χ0v) is 11.9. The lowest BCUT2D eigenvalue weighted by molar-refractivity contribution is -0.135. The Labute approximate surface area is 131 Å². The van der Waals surface area contributed by atoms with Crippen LogP contribution in [0.2, 0.25) is 0 Å². The highest BCUT2D eigenvalue weighted by Crippen LogP contribution is 2.18. The molecule has 4 N–H and O–H groups in total. The zero-order valence-electron chi connectivity index (χ0n) is 11.9. The van der Waals surface area contributed by atoms with Crippen LogP contribution in [0.1, 0.15) is 20.7 Å². The molecule has 0 heterocycles. The topological polar surface area (TPSA) is 116 Å². The number of hydrogen-bond donors (Lipinski definition) is 4. The van der Waals surface area contributed by atoms with Gasteiger partial charge in [0.1, 0.15) is 12.3 Å². The Balaban J connectivity index is 2.11. The molecule has 0 aliphatic carbocycles. The van der Waals surface area contributed by atoms with Crippen LogP contribution in [0.3, 0.4) is 0 Å². The summed E-state index contributed by atoms with van der Waals surface area (Å²) in [5.74, 6) is -2.39. The predicted molar refractivity (Wildman–Crippen MR) is 82.5 cm³/mol. The minimum atomic E-state index is -1.15. The van der Waals surface area contributed by atoms with E-state index in [1.807, 2.05) is 0 Å². The van der Waals surface area contributed by atoms with Crippen LogP contribution in [0.15, 0.2) is 48.5 Å². The Morgan fingerprint density at radius 2 is 1.70 bits per heavy atom. The Bertz CT molecular complexity index is 758. The highest BCUT2D eigenvalue weighted by Gasteiger charge is 2.12. The average molecular weight is 314 g/mol. The normalized spacial score (nSPS) is 9.91. The number of carbonyl (C=O) groups excluding carboxylic acids is 2. The minimum absolute atomic E-state index is 0.105. The molecule has 7 heteroatoms. The molecule has 7 nitrogen and oxygen atoms in total. The Hall–Kier alpha value is -3.35. The van der Waals surface area contributed by atoms with Crippen LogP contribution in [-0.4, -0.2) is 34.5 Å². The Morgan fingerprint density at radius 1 is 0.957 bits per heavy atom. The SMILES string of the molecule is O=C(O)CNC(=O)c1cccc(NC(=O)c2ccccc2O)c1. The molecule has 0 spiro atoms. The second-order valence-electron chi connectivity index (χ2n) is 4.63. The molecule has 0 radical (unpaired) electrons. The molecule has 23 heavy (non-hydrogen) atoms. The molecule has 0 atom stereocenters. The number of amides is 2. The van der Waals surface area contributed by atoms with Crippen LogP contribution < -0.4 is 10.6 Å². The summed E-state index contributed by atoms with van der Waals surface area (Å²) < 4.78 is 0. The number of benzene rings is 2. The van der Waals surface area contributed by atoms with Gasteiger partial charge in [-0.2, -0.15) is 0 Å². The fourth-order valence-corrected chi connectivity index (χ4v) is 1.86. The monoisotopic (exact) mass is 314 g/mol. The first-order chi connectivity index (χ1) is 11.0. The number of phenols is 1. The largest absolute Gasteiger partial charge is 0.507 e. The predicted octanol–water partition coefficient (Wildman–Crippen LogP) is 1.46. The van der Waals surface area contributed by atoms with Gasteiger partial charge in [0.15, 0.2) is 0 Å². The quantitative estimate of drug-likeness (QED) is 0.667. The van der Waals surface area contributed by atoms with Crippen LogP contribution in [0, 0.1) is 0 Å². The summed E-state index contributed by atoms with van der Waals surface area (Å²) in [6, 6.07) is 12.1. The van der Waals surface area contributed by atoms with E-state index in [0.717, 1.165) is 0 Å². The number of aliphatic carboxylic acids is 1. The third kappa shape index (κ3) is 4.31. The minimum Gasteiger partial charge on any atom is -0.507 e. The fourth-order valence-electron chi connectivity index (χ4n) is 1.86. The van der Waals surface area contributed by atoms with E-state index in [1.54, 1.807) is 24.3 Å². The molecular weight excluding hydrogens is 300 g/mol. The summed E-state index contributed by atoms with van der Waals surface area (Å²) in [7, 11) is 0. The van der Waals surface area contributed by atoms with Gasteiger partial charge in [-0.05, 0) is 30.3 Å². The van der Waals surface area contributed by atoms with Gasteiger partial charge in [-0.25, -0.2) is 0 Å². The molecule has 2 rings (SSSR count). The lowest BCUT2D eigenvalue weighted by Gasteiger charge is -2.08. The van der Waals surface area contributed by atoms with Gasteiger partial charge in [0.2, 0.25) is 0 Å². The van der Waals surface area contributed by atoms with Crippen molar-refractivity contribution in [1.82, 2.24) is 5.32 Å². The highest BCUT2D eigenvalue weighted by atomic mass is 16.4.